The second-order valence-electron chi connectivity index (χ2n) is 4.34. The average Bonchev–Trinajstić information content (AvgIpc) is 2.36. The van der Waals surface area contributed by atoms with Crippen molar-refractivity contribution in [2.75, 3.05) is 0 Å². The fourth-order valence-corrected chi connectivity index (χ4v) is 2.34. The highest BCUT2D eigenvalue weighted by atomic mass is 35.5. The SMILES string of the molecule is CCCCCCc1cc(CCl)c(O)c(CCl)c1. The van der Waals surface area contributed by atoms with Gasteiger partial charge < -0.3 is 5.11 Å². The molecule has 96 valence electrons. The minimum atomic E-state index is 0.257. The number of phenolic OH excluding ortho intramolecular Hbond substituents is 1. The van der Waals surface area contributed by atoms with E-state index in [4.69, 9.17) is 23.2 Å². The number of aryl methyl sites for hydroxylation is 1. The molecular formula is C14H20Cl2O. The van der Waals surface area contributed by atoms with Crippen molar-refractivity contribution in [3.63, 3.8) is 0 Å². The highest BCUT2D eigenvalue weighted by Gasteiger charge is 2.08. The second-order valence-corrected chi connectivity index (χ2v) is 4.88. The van der Waals surface area contributed by atoms with Crippen molar-refractivity contribution in [3.05, 3.63) is 28.8 Å². The molecule has 0 amide bonds. The quantitative estimate of drug-likeness (QED) is 0.549. The first-order valence-corrected chi connectivity index (χ1v) is 7.25. The van der Waals surface area contributed by atoms with Gasteiger partial charge >= 0.3 is 0 Å². The van der Waals surface area contributed by atoms with E-state index in [-0.39, 0.29) is 5.75 Å². The van der Waals surface area contributed by atoms with Crippen LogP contribution in [0, 0.1) is 0 Å². The zero-order chi connectivity index (χ0) is 12.7. The summed E-state index contributed by atoms with van der Waals surface area (Å²) in [4.78, 5) is 0. The predicted octanol–water partition coefficient (Wildman–Crippen LogP) is 4.99. The van der Waals surface area contributed by atoms with Crippen LogP contribution in [-0.4, -0.2) is 5.11 Å². The molecule has 0 fully saturated rings. The maximum atomic E-state index is 9.85. The maximum absolute atomic E-state index is 9.85. The van der Waals surface area contributed by atoms with Gasteiger partial charge in [0.2, 0.25) is 0 Å². The van der Waals surface area contributed by atoms with Gasteiger partial charge in [-0.1, -0.05) is 38.3 Å². The van der Waals surface area contributed by atoms with E-state index in [9.17, 15) is 5.11 Å². The zero-order valence-electron chi connectivity index (χ0n) is 10.3. The molecule has 1 aromatic carbocycles. The topological polar surface area (TPSA) is 20.2 Å². The molecule has 0 aliphatic carbocycles. The molecule has 3 heteroatoms. The van der Waals surface area contributed by atoms with Crippen LogP contribution in [0.15, 0.2) is 12.1 Å². The summed E-state index contributed by atoms with van der Waals surface area (Å²) in [5, 5.41) is 9.85. The third-order valence-electron chi connectivity index (χ3n) is 2.93. The maximum Gasteiger partial charge on any atom is 0.124 e. The van der Waals surface area contributed by atoms with Crippen LogP contribution in [0.3, 0.4) is 0 Å². The Balaban J connectivity index is 2.71. The molecule has 0 unspecified atom stereocenters. The van der Waals surface area contributed by atoms with Crippen molar-refractivity contribution in [2.24, 2.45) is 0 Å². The summed E-state index contributed by atoms with van der Waals surface area (Å²) in [6.07, 6.45) is 6.00. The first-order valence-electron chi connectivity index (χ1n) is 6.18. The lowest BCUT2D eigenvalue weighted by atomic mass is 10.0. The molecule has 0 atom stereocenters. The third kappa shape index (κ3) is 4.40. The average molecular weight is 275 g/mol. The van der Waals surface area contributed by atoms with E-state index in [0.29, 0.717) is 11.8 Å². The number of rotatable bonds is 7. The number of benzene rings is 1. The summed E-state index contributed by atoms with van der Waals surface area (Å²) in [6, 6.07) is 3.98. The molecule has 0 radical (unpaired) electrons. The van der Waals surface area contributed by atoms with E-state index >= 15 is 0 Å². The summed E-state index contributed by atoms with van der Waals surface area (Å²) >= 11 is 11.6. The Labute approximate surface area is 114 Å². The van der Waals surface area contributed by atoms with Crippen LogP contribution in [0.2, 0.25) is 0 Å². The van der Waals surface area contributed by atoms with Gasteiger partial charge in [-0.15, -0.1) is 23.2 Å². The molecule has 1 aromatic rings. The number of alkyl halides is 2. The fourth-order valence-electron chi connectivity index (χ4n) is 1.94. The smallest absolute Gasteiger partial charge is 0.124 e. The van der Waals surface area contributed by atoms with Gasteiger partial charge in [0.1, 0.15) is 5.75 Å². The van der Waals surface area contributed by atoms with Crippen LogP contribution in [0.1, 0.15) is 49.3 Å². The number of phenols is 1. The molecule has 0 bridgehead atoms. The van der Waals surface area contributed by atoms with Crippen LogP contribution in [0.4, 0.5) is 0 Å². The molecule has 1 N–H and O–H groups in total. The van der Waals surface area contributed by atoms with Crippen molar-refractivity contribution in [1.29, 1.82) is 0 Å². The highest BCUT2D eigenvalue weighted by molar-refractivity contribution is 6.18. The van der Waals surface area contributed by atoms with Gasteiger partial charge in [-0.25, -0.2) is 0 Å². The Morgan fingerprint density at radius 2 is 1.59 bits per heavy atom. The fraction of sp³-hybridized carbons (Fsp3) is 0.571. The van der Waals surface area contributed by atoms with Crippen LogP contribution in [-0.2, 0) is 18.2 Å². The normalized spacial score (nSPS) is 10.8. The lowest BCUT2D eigenvalue weighted by Crippen LogP contribution is -1.93. The van der Waals surface area contributed by atoms with Gasteiger partial charge in [-0.3, -0.25) is 0 Å². The van der Waals surface area contributed by atoms with Gasteiger partial charge in [-0.05, 0) is 18.4 Å². The Hall–Kier alpha value is -0.400. The van der Waals surface area contributed by atoms with Crippen LogP contribution < -0.4 is 0 Å². The zero-order valence-corrected chi connectivity index (χ0v) is 11.8. The van der Waals surface area contributed by atoms with Crippen molar-refractivity contribution in [2.45, 2.75) is 50.8 Å². The first-order chi connectivity index (χ1) is 8.22. The van der Waals surface area contributed by atoms with E-state index in [0.717, 1.165) is 17.5 Å². The monoisotopic (exact) mass is 274 g/mol. The van der Waals surface area contributed by atoms with Crippen molar-refractivity contribution >= 4 is 23.2 Å². The molecule has 1 rings (SSSR count). The minimum absolute atomic E-state index is 0.257. The van der Waals surface area contributed by atoms with Crippen molar-refractivity contribution in [3.8, 4) is 5.75 Å². The number of hydrogen-bond donors (Lipinski definition) is 1. The van der Waals surface area contributed by atoms with Gasteiger partial charge in [0.15, 0.2) is 0 Å². The van der Waals surface area contributed by atoms with Crippen LogP contribution >= 0.6 is 23.2 Å². The Bertz CT molecular complexity index is 325. The molecule has 0 saturated heterocycles. The van der Waals surface area contributed by atoms with Crippen LogP contribution in [0.25, 0.3) is 0 Å². The summed E-state index contributed by atoms with van der Waals surface area (Å²) in [5.74, 6) is 0.921. The second kappa shape index (κ2) is 7.84. The van der Waals surface area contributed by atoms with Gasteiger partial charge in [0.25, 0.3) is 0 Å². The van der Waals surface area contributed by atoms with E-state index in [1.165, 1.54) is 31.2 Å². The van der Waals surface area contributed by atoms with Gasteiger partial charge in [-0.2, -0.15) is 0 Å². The summed E-state index contributed by atoms with van der Waals surface area (Å²) < 4.78 is 0. The number of aromatic hydroxyl groups is 1. The van der Waals surface area contributed by atoms with E-state index < -0.39 is 0 Å². The van der Waals surface area contributed by atoms with E-state index in [1.54, 1.807) is 0 Å². The van der Waals surface area contributed by atoms with E-state index in [2.05, 4.69) is 6.92 Å². The molecule has 0 spiro atoms. The first kappa shape index (κ1) is 14.7. The van der Waals surface area contributed by atoms with Gasteiger partial charge in [0.05, 0.1) is 11.8 Å². The molecule has 1 nitrogen and oxygen atoms in total. The number of hydrogen-bond acceptors (Lipinski definition) is 1. The summed E-state index contributed by atoms with van der Waals surface area (Å²) in [7, 11) is 0. The van der Waals surface area contributed by atoms with Crippen molar-refractivity contribution in [1.82, 2.24) is 0 Å². The highest BCUT2D eigenvalue weighted by Crippen LogP contribution is 2.28. The van der Waals surface area contributed by atoms with Crippen molar-refractivity contribution < 1.29 is 5.11 Å². The summed E-state index contributed by atoms with van der Waals surface area (Å²) in [5.41, 5.74) is 2.80. The lowest BCUT2D eigenvalue weighted by Gasteiger charge is -2.10. The van der Waals surface area contributed by atoms with E-state index in [1.807, 2.05) is 12.1 Å². The molecule has 17 heavy (non-hydrogen) atoms. The molecule has 0 heterocycles. The number of unbranched alkanes of at least 4 members (excludes halogenated alkanes) is 3. The Morgan fingerprint density at radius 3 is 2.06 bits per heavy atom. The predicted molar refractivity (Wildman–Crippen MR) is 75.1 cm³/mol. The number of halogens is 2. The third-order valence-corrected chi connectivity index (χ3v) is 3.51. The largest absolute Gasteiger partial charge is 0.507 e. The Morgan fingerprint density at radius 1 is 1.00 bits per heavy atom. The Kier molecular flexibility index (Phi) is 6.76. The lowest BCUT2D eigenvalue weighted by molar-refractivity contribution is 0.465. The minimum Gasteiger partial charge on any atom is -0.507 e. The van der Waals surface area contributed by atoms with Gasteiger partial charge in [0, 0.05) is 11.1 Å². The molecule has 0 saturated carbocycles. The molecule has 0 aromatic heterocycles. The molecular weight excluding hydrogens is 255 g/mol. The standard InChI is InChI=1S/C14H20Cl2O/c1-2-3-4-5-6-11-7-12(9-15)14(17)13(8-11)10-16/h7-8,17H,2-6,9-10H2,1H3. The van der Waals surface area contributed by atoms with Crippen LogP contribution in [0.5, 0.6) is 5.75 Å². The summed E-state index contributed by atoms with van der Waals surface area (Å²) in [6.45, 7) is 2.21. The molecule has 0 aliphatic rings. The molecule has 0 aliphatic heterocycles.